The summed E-state index contributed by atoms with van der Waals surface area (Å²) in [6.45, 7) is 1.34. The number of carbonyl (C=O) groups is 1. The minimum absolute atomic E-state index is 0.0290. The van der Waals surface area contributed by atoms with Gasteiger partial charge in [0.2, 0.25) is 5.91 Å². The van der Waals surface area contributed by atoms with E-state index in [2.05, 4.69) is 15.6 Å². The summed E-state index contributed by atoms with van der Waals surface area (Å²) in [6.07, 6.45) is -3.09. The topological polar surface area (TPSA) is 88.6 Å². The Morgan fingerprint density at radius 2 is 1.97 bits per heavy atom. The molecule has 0 radical (unpaired) electrons. The van der Waals surface area contributed by atoms with E-state index in [0.29, 0.717) is 18.8 Å². The first-order valence-electron chi connectivity index (χ1n) is 9.81. The van der Waals surface area contributed by atoms with Crippen molar-refractivity contribution in [2.45, 2.75) is 31.4 Å². The van der Waals surface area contributed by atoms with Gasteiger partial charge in [0, 0.05) is 19.2 Å². The molecule has 1 aliphatic rings. The highest BCUT2D eigenvalue weighted by Gasteiger charge is 2.31. The lowest BCUT2D eigenvalue weighted by Crippen LogP contribution is -2.35. The second-order valence-corrected chi connectivity index (χ2v) is 7.60. The quantitative estimate of drug-likeness (QED) is 0.589. The number of hydrogen-bond acceptors (Lipinski definition) is 7. The molecule has 174 valence electrons. The van der Waals surface area contributed by atoms with Gasteiger partial charge in [0.25, 0.3) is 0 Å². The van der Waals surface area contributed by atoms with E-state index in [4.69, 9.17) is 21.1 Å². The Bertz CT molecular complexity index is 953. The molecule has 0 saturated carbocycles. The Kier molecular flexibility index (Phi) is 7.49. The van der Waals surface area contributed by atoms with Crippen LogP contribution in [0.2, 0.25) is 5.02 Å². The van der Waals surface area contributed by atoms with E-state index in [1.165, 1.54) is 6.20 Å². The van der Waals surface area contributed by atoms with Crippen LogP contribution in [0.1, 0.15) is 30.7 Å². The van der Waals surface area contributed by atoms with Gasteiger partial charge in [-0.2, -0.15) is 18.3 Å². The molecule has 1 aromatic heterocycles. The van der Waals surface area contributed by atoms with Crippen molar-refractivity contribution in [2.24, 2.45) is 0 Å². The number of hydrazine groups is 1. The van der Waals surface area contributed by atoms with Gasteiger partial charge in [0.1, 0.15) is 22.9 Å². The Balaban J connectivity index is 1.65. The van der Waals surface area contributed by atoms with Crippen molar-refractivity contribution in [3.63, 3.8) is 0 Å². The zero-order valence-electron chi connectivity index (χ0n) is 17.5. The SMILES string of the molecule is COc1ccc(C2CCN(c3cnnc(NNC(=O)CC(F)(F)F)c3Cl)CC2)c(OC)c1. The van der Waals surface area contributed by atoms with E-state index in [1.54, 1.807) is 14.2 Å². The number of nitrogens with zero attached hydrogens (tertiary/aromatic N) is 3. The molecule has 1 aliphatic heterocycles. The summed E-state index contributed by atoms with van der Waals surface area (Å²) in [4.78, 5) is 13.4. The second-order valence-electron chi connectivity index (χ2n) is 7.23. The Hall–Kier alpha value is -2.95. The predicted molar refractivity (Wildman–Crippen MR) is 113 cm³/mol. The first-order chi connectivity index (χ1) is 15.2. The van der Waals surface area contributed by atoms with Crippen molar-refractivity contribution in [1.29, 1.82) is 0 Å². The fraction of sp³-hybridized carbons (Fsp3) is 0.450. The van der Waals surface area contributed by atoms with Gasteiger partial charge in [0.15, 0.2) is 5.82 Å². The van der Waals surface area contributed by atoms with Gasteiger partial charge in [-0.3, -0.25) is 15.6 Å². The normalized spacial score (nSPS) is 14.8. The van der Waals surface area contributed by atoms with E-state index in [0.717, 1.165) is 29.9 Å². The molecule has 1 saturated heterocycles. The lowest BCUT2D eigenvalue weighted by molar-refractivity contribution is -0.153. The van der Waals surface area contributed by atoms with Crippen LogP contribution >= 0.6 is 11.6 Å². The number of nitrogens with one attached hydrogen (secondary N) is 2. The van der Waals surface area contributed by atoms with Crippen LogP contribution in [0.3, 0.4) is 0 Å². The molecule has 2 N–H and O–H groups in total. The molecule has 3 rings (SSSR count). The van der Waals surface area contributed by atoms with Crippen molar-refractivity contribution < 1.29 is 27.4 Å². The summed E-state index contributed by atoms with van der Waals surface area (Å²) in [5, 5.41) is 7.77. The third-order valence-corrected chi connectivity index (χ3v) is 5.54. The van der Waals surface area contributed by atoms with Gasteiger partial charge in [-0.25, -0.2) is 0 Å². The van der Waals surface area contributed by atoms with Crippen LogP contribution in [0.15, 0.2) is 24.4 Å². The van der Waals surface area contributed by atoms with E-state index in [1.807, 2.05) is 28.5 Å². The number of rotatable bonds is 7. The number of ether oxygens (including phenoxy) is 2. The third kappa shape index (κ3) is 5.84. The molecule has 12 heteroatoms. The Morgan fingerprint density at radius 3 is 2.59 bits per heavy atom. The fourth-order valence-corrected chi connectivity index (χ4v) is 3.86. The summed E-state index contributed by atoms with van der Waals surface area (Å²) in [5.74, 6) is 0.487. The van der Waals surface area contributed by atoms with E-state index in [-0.39, 0.29) is 16.8 Å². The molecule has 8 nitrogen and oxygen atoms in total. The standard InChI is InChI=1S/C20H23ClF3N5O3/c1-31-13-3-4-14(16(9-13)32-2)12-5-7-29(8-6-12)15-11-25-27-19(18(15)21)28-26-17(30)10-20(22,23)24/h3-4,9,11-12H,5-8,10H2,1-2H3,(H,26,30)(H,27,28). The van der Waals surface area contributed by atoms with Gasteiger partial charge < -0.3 is 14.4 Å². The number of benzene rings is 1. The van der Waals surface area contributed by atoms with Crippen LogP contribution in [-0.2, 0) is 4.79 Å². The van der Waals surface area contributed by atoms with Crippen LogP contribution in [-0.4, -0.2) is 49.6 Å². The first kappa shape index (κ1) is 23.7. The van der Waals surface area contributed by atoms with Crippen LogP contribution in [0.25, 0.3) is 0 Å². The van der Waals surface area contributed by atoms with Crippen LogP contribution in [0, 0.1) is 0 Å². The molecular formula is C20H23ClF3N5O3. The van der Waals surface area contributed by atoms with Gasteiger partial charge in [-0.15, -0.1) is 5.10 Å². The minimum Gasteiger partial charge on any atom is -0.497 e. The highest BCUT2D eigenvalue weighted by Crippen LogP contribution is 2.39. The largest absolute Gasteiger partial charge is 0.497 e. The van der Waals surface area contributed by atoms with Gasteiger partial charge in [-0.05, 0) is 30.4 Å². The molecule has 32 heavy (non-hydrogen) atoms. The number of anilines is 2. The molecule has 0 spiro atoms. The van der Waals surface area contributed by atoms with Crippen LogP contribution < -0.4 is 25.2 Å². The number of aromatic nitrogens is 2. The van der Waals surface area contributed by atoms with Crippen molar-refractivity contribution in [3.8, 4) is 11.5 Å². The fourth-order valence-electron chi connectivity index (χ4n) is 3.61. The minimum atomic E-state index is -4.61. The van der Waals surface area contributed by atoms with Gasteiger partial charge in [-0.1, -0.05) is 17.7 Å². The average molecular weight is 474 g/mol. The first-order valence-corrected chi connectivity index (χ1v) is 10.2. The summed E-state index contributed by atoms with van der Waals surface area (Å²) < 4.78 is 47.7. The van der Waals surface area contributed by atoms with Crippen LogP contribution in [0.5, 0.6) is 11.5 Å². The molecule has 2 aromatic rings. The molecule has 1 fully saturated rings. The lowest BCUT2D eigenvalue weighted by atomic mass is 9.88. The number of halogens is 4. The number of piperidine rings is 1. The number of amides is 1. The highest BCUT2D eigenvalue weighted by molar-refractivity contribution is 6.35. The smallest absolute Gasteiger partial charge is 0.397 e. The van der Waals surface area contributed by atoms with Crippen molar-refractivity contribution in [2.75, 3.05) is 37.6 Å². The zero-order chi connectivity index (χ0) is 23.3. The summed E-state index contributed by atoms with van der Waals surface area (Å²) in [7, 11) is 3.22. The molecule has 0 bridgehead atoms. The summed E-state index contributed by atoms with van der Waals surface area (Å²) in [5.41, 5.74) is 5.93. The molecule has 1 amide bonds. The van der Waals surface area contributed by atoms with Gasteiger partial charge in [0.05, 0.1) is 26.1 Å². The maximum Gasteiger partial charge on any atom is 0.397 e. The van der Waals surface area contributed by atoms with Crippen molar-refractivity contribution in [3.05, 3.63) is 35.0 Å². The maximum absolute atomic E-state index is 12.3. The maximum atomic E-state index is 12.3. The molecule has 0 atom stereocenters. The van der Waals surface area contributed by atoms with Gasteiger partial charge >= 0.3 is 6.18 Å². The second kappa shape index (κ2) is 10.1. The molecule has 2 heterocycles. The third-order valence-electron chi connectivity index (χ3n) is 5.17. The monoisotopic (exact) mass is 473 g/mol. The molecule has 1 aromatic carbocycles. The lowest BCUT2D eigenvalue weighted by Gasteiger charge is -2.34. The number of methoxy groups -OCH3 is 2. The van der Waals surface area contributed by atoms with Crippen molar-refractivity contribution in [1.82, 2.24) is 15.6 Å². The highest BCUT2D eigenvalue weighted by atomic mass is 35.5. The average Bonchev–Trinajstić information content (AvgIpc) is 2.77. The summed E-state index contributed by atoms with van der Waals surface area (Å²) in [6, 6.07) is 5.76. The van der Waals surface area contributed by atoms with E-state index >= 15 is 0 Å². The predicted octanol–water partition coefficient (Wildman–Crippen LogP) is 3.93. The van der Waals surface area contributed by atoms with Crippen LogP contribution in [0.4, 0.5) is 24.7 Å². The number of hydrogen-bond donors (Lipinski definition) is 2. The Morgan fingerprint density at radius 1 is 1.25 bits per heavy atom. The zero-order valence-corrected chi connectivity index (χ0v) is 18.3. The summed E-state index contributed by atoms with van der Waals surface area (Å²) >= 11 is 6.38. The van der Waals surface area contributed by atoms with Crippen molar-refractivity contribution >= 4 is 29.0 Å². The molecule has 0 unspecified atom stereocenters. The van der Waals surface area contributed by atoms with E-state index in [9.17, 15) is 18.0 Å². The molecular weight excluding hydrogens is 451 g/mol. The number of carbonyl (C=O) groups excluding carboxylic acids is 1. The molecule has 0 aliphatic carbocycles. The number of alkyl halides is 3. The van der Waals surface area contributed by atoms with E-state index < -0.39 is 18.5 Å². The Labute approximate surface area is 188 Å².